The van der Waals surface area contributed by atoms with Crippen molar-refractivity contribution in [2.75, 3.05) is 22.3 Å². The summed E-state index contributed by atoms with van der Waals surface area (Å²) >= 11 is 9.89. The summed E-state index contributed by atoms with van der Waals surface area (Å²) in [7, 11) is 0. The predicted octanol–water partition coefficient (Wildman–Crippen LogP) is 3.97. The van der Waals surface area contributed by atoms with Gasteiger partial charge in [-0.15, -0.1) is 20.4 Å². The molecular weight excluding hydrogens is 514 g/mol. The van der Waals surface area contributed by atoms with Crippen LogP contribution in [0, 0.1) is 0 Å². The molecule has 4 aromatic rings. The molecule has 2 aromatic heterocycles. The Balaban J connectivity index is 1.23. The van der Waals surface area contributed by atoms with Gasteiger partial charge in [0.15, 0.2) is 4.34 Å². The number of nitrogen functional groups attached to an aromatic ring is 1. The number of halogens is 1. The van der Waals surface area contributed by atoms with Gasteiger partial charge in [0.1, 0.15) is 0 Å². The highest BCUT2D eigenvalue weighted by atomic mass is 35.5. The number of amides is 1. The Kier molecular flexibility index (Phi) is 8.36. The predicted molar refractivity (Wildman–Crippen MR) is 138 cm³/mol. The molecule has 10 nitrogen and oxygen atoms in total. The number of nitrogens with one attached hydrogen (secondary N) is 2. The zero-order chi connectivity index (χ0) is 23.8. The Hall–Kier alpha value is -3.13. The second kappa shape index (κ2) is 11.8. The standard InChI is InChI=1S/C20H18ClN9OS3/c21-15-8-6-14(7-9-15)11-33-20-29-27-18(34-20)24-16(31)12-32-19-28-26-17(30(19)22)25-23-10-13-4-2-1-3-5-13/h1-10H,11-12,22H2,(H,25,26)(H,24,27,31)/b23-10+. The SMILES string of the molecule is Nn1c(N/N=C/c2ccccc2)nnc1SCC(=O)Nc1nnc(SCc2ccc(Cl)cc2)s1. The minimum Gasteiger partial charge on any atom is -0.334 e. The van der Waals surface area contributed by atoms with Gasteiger partial charge in [0, 0.05) is 10.8 Å². The molecule has 0 aliphatic rings. The third kappa shape index (κ3) is 6.93. The second-order valence-electron chi connectivity index (χ2n) is 6.58. The van der Waals surface area contributed by atoms with Crippen LogP contribution >= 0.6 is 46.5 Å². The molecule has 1 amide bonds. The Morgan fingerprint density at radius 1 is 1.09 bits per heavy atom. The summed E-state index contributed by atoms with van der Waals surface area (Å²) in [5.74, 6) is 6.79. The fourth-order valence-electron chi connectivity index (χ4n) is 2.49. The molecule has 34 heavy (non-hydrogen) atoms. The van der Waals surface area contributed by atoms with E-state index in [9.17, 15) is 4.79 Å². The third-order valence-electron chi connectivity index (χ3n) is 4.10. The van der Waals surface area contributed by atoms with Gasteiger partial charge in [-0.1, -0.05) is 88.9 Å². The van der Waals surface area contributed by atoms with E-state index in [2.05, 4.69) is 36.2 Å². The van der Waals surface area contributed by atoms with E-state index < -0.39 is 0 Å². The van der Waals surface area contributed by atoms with Gasteiger partial charge in [-0.2, -0.15) is 5.10 Å². The van der Waals surface area contributed by atoms with Crippen LogP contribution in [0.5, 0.6) is 0 Å². The van der Waals surface area contributed by atoms with Gasteiger partial charge in [0.2, 0.25) is 16.2 Å². The number of carbonyl (C=O) groups excluding carboxylic acids is 1. The highest BCUT2D eigenvalue weighted by molar-refractivity contribution is 8.00. The molecule has 2 aromatic carbocycles. The molecule has 174 valence electrons. The summed E-state index contributed by atoms with van der Waals surface area (Å²) in [5, 5.41) is 24.4. The summed E-state index contributed by atoms with van der Waals surface area (Å²) in [4.78, 5) is 12.3. The first-order valence-corrected chi connectivity index (χ1v) is 12.9. The van der Waals surface area contributed by atoms with Crippen LogP contribution in [0.25, 0.3) is 0 Å². The number of hydrogen-bond acceptors (Lipinski definition) is 11. The van der Waals surface area contributed by atoms with Gasteiger partial charge in [-0.3, -0.25) is 10.1 Å². The van der Waals surface area contributed by atoms with Crippen LogP contribution in [0.4, 0.5) is 11.1 Å². The van der Waals surface area contributed by atoms with Crippen molar-refractivity contribution in [3.8, 4) is 0 Å². The number of thioether (sulfide) groups is 2. The molecule has 0 aliphatic heterocycles. The molecule has 4 rings (SSSR count). The number of hydrogen-bond donors (Lipinski definition) is 3. The molecule has 0 saturated heterocycles. The number of anilines is 2. The average Bonchev–Trinajstić information content (AvgIpc) is 3.44. The molecule has 0 bridgehead atoms. The van der Waals surface area contributed by atoms with Gasteiger partial charge in [-0.05, 0) is 23.3 Å². The summed E-state index contributed by atoms with van der Waals surface area (Å²) in [6.07, 6.45) is 1.64. The van der Waals surface area contributed by atoms with E-state index in [-0.39, 0.29) is 17.6 Å². The van der Waals surface area contributed by atoms with Crippen molar-refractivity contribution in [3.05, 3.63) is 70.7 Å². The number of aromatic nitrogens is 5. The summed E-state index contributed by atoms with van der Waals surface area (Å²) in [6.45, 7) is 0. The number of benzene rings is 2. The summed E-state index contributed by atoms with van der Waals surface area (Å²) in [6, 6.07) is 17.2. The molecule has 0 radical (unpaired) electrons. The van der Waals surface area contributed by atoms with Crippen LogP contribution in [-0.2, 0) is 10.5 Å². The molecule has 2 heterocycles. The zero-order valence-corrected chi connectivity index (χ0v) is 20.7. The Morgan fingerprint density at radius 3 is 2.68 bits per heavy atom. The first-order chi connectivity index (χ1) is 16.6. The van der Waals surface area contributed by atoms with Gasteiger partial charge in [0.25, 0.3) is 5.95 Å². The number of hydrazone groups is 1. The van der Waals surface area contributed by atoms with Crippen LogP contribution in [0.1, 0.15) is 11.1 Å². The van der Waals surface area contributed by atoms with Crippen molar-refractivity contribution in [2.45, 2.75) is 15.2 Å². The largest absolute Gasteiger partial charge is 0.334 e. The van der Waals surface area contributed by atoms with Gasteiger partial charge < -0.3 is 5.84 Å². The van der Waals surface area contributed by atoms with Crippen molar-refractivity contribution >= 4 is 69.7 Å². The minimum absolute atomic E-state index is 0.0788. The second-order valence-corrected chi connectivity index (χ2v) is 10.2. The normalized spacial score (nSPS) is 11.1. The molecular formula is C20H18ClN9OS3. The van der Waals surface area contributed by atoms with E-state index >= 15 is 0 Å². The smallest absolute Gasteiger partial charge is 0.264 e. The van der Waals surface area contributed by atoms with E-state index in [4.69, 9.17) is 17.4 Å². The van der Waals surface area contributed by atoms with Gasteiger partial charge >= 0.3 is 0 Å². The van der Waals surface area contributed by atoms with Crippen LogP contribution < -0.4 is 16.6 Å². The number of rotatable bonds is 10. The lowest BCUT2D eigenvalue weighted by Crippen LogP contribution is -2.16. The summed E-state index contributed by atoms with van der Waals surface area (Å²) in [5.41, 5.74) is 4.78. The van der Waals surface area contributed by atoms with Crippen molar-refractivity contribution in [1.29, 1.82) is 0 Å². The minimum atomic E-state index is -0.255. The maximum atomic E-state index is 12.3. The van der Waals surface area contributed by atoms with Gasteiger partial charge in [0.05, 0.1) is 12.0 Å². The highest BCUT2D eigenvalue weighted by Crippen LogP contribution is 2.29. The fraction of sp³-hybridized carbons (Fsp3) is 0.100. The van der Waals surface area contributed by atoms with Crippen molar-refractivity contribution in [2.24, 2.45) is 5.10 Å². The van der Waals surface area contributed by atoms with Crippen LogP contribution in [0.2, 0.25) is 5.02 Å². The molecule has 4 N–H and O–H groups in total. The molecule has 0 unspecified atom stereocenters. The maximum absolute atomic E-state index is 12.3. The Morgan fingerprint density at radius 2 is 1.88 bits per heavy atom. The third-order valence-corrected chi connectivity index (χ3v) is 7.34. The first-order valence-electron chi connectivity index (χ1n) is 9.75. The average molecular weight is 532 g/mol. The number of carbonyl (C=O) groups is 1. The van der Waals surface area contributed by atoms with E-state index in [0.717, 1.165) is 33.0 Å². The number of nitrogens with zero attached hydrogens (tertiary/aromatic N) is 6. The molecule has 14 heteroatoms. The van der Waals surface area contributed by atoms with Crippen LogP contribution in [0.3, 0.4) is 0 Å². The van der Waals surface area contributed by atoms with E-state index in [1.54, 1.807) is 6.21 Å². The van der Waals surface area contributed by atoms with E-state index in [0.29, 0.717) is 15.3 Å². The molecule has 0 atom stereocenters. The van der Waals surface area contributed by atoms with Crippen molar-refractivity contribution in [3.63, 3.8) is 0 Å². The highest BCUT2D eigenvalue weighted by Gasteiger charge is 2.14. The fourth-order valence-corrected chi connectivity index (χ4v) is 4.99. The summed E-state index contributed by atoms with van der Waals surface area (Å²) < 4.78 is 1.99. The zero-order valence-electron chi connectivity index (χ0n) is 17.5. The van der Waals surface area contributed by atoms with Crippen molar-refractivity contribution in [1.82, 2.24) is 25.1 Å². The molecule has 0 saturated carbocycles. The molecule has 0 spiro atoms. The van der Waals surface area contributed by atoms with E-state index in [1.165, 1.54) is 27.8 Å². The van der Waals surface area contributed by atoms with E-state index in [1.807, 2.05) is 54.6 Å². The van der Waals surface area contributed by atoms with Gasteiger partial charge in [-0.25, -0.2) is 10.1 Å². The van der Waals surface area contributed by atoms with Crippen LogP contribution in [0.15, 0.2) is 69.2 Å². The molecule has 0 fully saturated rings. The first kappa shape index (κ1) is 24.0. The lowest BCUT2D eigenvalue weighted by atomic mass is 10.2. The maximum Gasteiger partial charge on any atom is 0.264 e. The Labute approximate surface area is 212 Å². The Bertz CT molecular complexity index is 1260. The lowest BCUT2D eigenvalue weighted by molar-refractivity contribution is -0.113. The monoisotopic (exact) mass is 531 g/mol. The lowest BCUT2D eigenvalue weighted by Gasteiger charge is -2.03. The molecule has 0 aliphatic carbocycles. The van der Waals surface area contributed by atoms with Crippen LogP contribution in [-0.4, -0.2) is 42.9 Å². The number of nitrogens with two attached hydrogens (primary N) is 1. The quantitative estimate of drug-likeness (QED) is 0.0912. The topological polar surface area (TPSA) is 136 Å². The van der Waals surface area contributed by atoms with Crippen molar-refractivity contribution < 1.29 is 4.79 Å².